The summed E-state index contributed by atoms with van der Waals surface area (Å²) >= 11 is 0. The van der Waals surface area contributed by atoms with Crippen LogP contribution in [0.1, 0.15) is 51.3 Å². The van der Waals surface area contributed by atoms with Crippen LogP contribution in [0.15, 0.2) is 47.8 Å². The molecule has 12 N–H and O–H groups in total. The van der Waals surface area contributed by atoms with Gasteiger partial charge in [0.1, 0.15) is 24.2 Å². The summed E-state index contributed by atoms with van der Waals surface area (Å²) < 4.78 is 0. The molecule has 0 aliphatic carbocycles. The molecule has 16 heteroatoms. The third kappa shape index (κ3) is 13.3. The fourth-order valence-corrected chi connectivity index (χ4v) is 4.47. The Bertz CT molecular complexity index is 1310. The van der Waals surface area contributed by atoms with E-state index in [0.29, 0.717) is 11.3 Å². The number of aromatic nitrogens is 2. The normalized spacial score (nSPS) is 14.2. The van der Waals surface area contributed by atoms with Crippen LogP contribution in [0.25, 0.3) is 0 Å². The van der Waals surface area contributed by atoms with Crippen LogP contribution in [0.5, 0.6) is 0 Å². The Balaban J connectivity index is 2.26. The molecule has 252 valence electrons. The smallest absolute Gasteiger partial charge is 0.326 e. The molecule has 0 aliphatic rings. The van der Waals surface area contributed by atoms with Crippen molar-refractivity contribution in [3.63, 3.8) is 0 Å². The summed E-state index contributed by atoms with van der Waals surface area (Å²) in [7, 11) is 0. The molecule has 2 aromatic rings. The van der Waals surface area contributed by atoms with E-state index in [0.717, 1.165) is 0 Å². The maximum absolute atomic E-state index is 13.6. The molecule has 4 amide bonds. The van der Waals surface area contributed by atoms with Gasteiger partial charge in [0.2, 0.25) is 23.6 Å². The van der Waals surface area contributed by atoms with Crippen LogP contribution in [0.3, 0.4) is 0 Å². The van der Waals surface area contributed by atoms with Crippen LogP contribution in [0, 0.1) is 5.92 Å². The van der Waals surface area contributed by atoms with Gasteiger partial charge in [-0.1, -0.05) is 44.2 Å². The van der Waals surface area contributed by atoms with E-state index in [1.807, 2.05) is 13.8 Å². The molecular formula is C30H46N10O6. The Labute approximate surface area is 267 Å². The lowest BCUT2D eigenvalue weighted by Crippen LogP contribution is -2.59. The van der Waals surface area contributed by atoms with Crippen LogP contribution in [-0.4, -0.2) is 87.4 Å². The molecule has 2 rings (SSSR count). The predicted molar refractivity (Wildman–Crippen MR) is 171 cm³/mol. The third-order valence-corrected chi connectivity index (χ3v) is 6.84. The highest BCUT2D eigenvalue weighted by molar-refractivity contribution is 5.95. The van der Waals surface area contributed by atoms with Gasteiger partial charge in [0.05, 0.1) is 12.4 Å². The zero-order valence-electron chi connectivity index (χ0n) is 26.4. The van der Waals surface area contributed by atoms with Gasteiger partial charge >= 0.3 is 5.97 Å². The summed E-state index contributed by atoms with van der Waals surface area (Å²) in [5.41, 5.74) is 17.8. The SMILES string of the molecule is CC(C)C[C@H](NC(=O)[C@H](Cc1cnc[nH]1)NC(=O)[C@H](C)N)C(=O)N[C@@H](CCCN=C(N)N)C(=O)N[C@@H](Cc1ccccc1)C(=O)O. The molecule has 0 saturated heterocycles. The molecule has 0 saturated carbocycles. The highest BCUT2D eigenvalue weighted by Crippen LogP contribution is 2.10. The number of carbonyl (C=O) groups excluding carboxylic acids is 4. The molecule has 0 radical (unpaired) electrons. The fraction of sp³-hybridized carbons (Fsp3) is 0.500. The van der Waals surface area contributed by atoms with Crippen molar-refractivity contribution in [2.24, 2.45) is 28.1 Å². The summed E-state index contributed by atoms with van der Waals surface area (Å²) in [5, 5.41) is 20.3. The monoisotopic (exact) mass is 642 g/mol. The van der Waals surface area contributed by atoms with Gasteiger partial charge in [-0.25, -0.2) is 9.78 Å². The van der Waals surface area contributed by atoms with Crippen molar-refractivity contribution in [1.82, 2.24) is 31.2 Å². The highest BCUT2D eigenvalue weighted by Gasteiger charge is 2.32. The Morgan fingerprint density at radius 1 is 0.848 bits per heavy atom. The number of amides is 4. The Morgan fingerprint density at radius 2 is 1.43 bits per heavy atom. The number of hydrogen-bond acceptors (Lipinski definition) is 8. The first kappa shape index (κ1) is 37.2. The van der Waals surface area contributed by atoms with Gasteiger partial charge in [0, 0.05) is 31.3 Å². The second-order valence-corrected chi connectivity index (χ2v) is 11.4. The minimum Gasteiger partial charge on any atom is -0.480 e. The van der Waals surface area contributed by atoms with E-state index in [2.05, 4.69) is 36.2 Å². The average molecular weight is 643 g/mol. The zero-order chi connectivity index (χ0) is 34.2. The zero-order valence-corrected chi connectivity index (χ0v) is 26.4. The molecule has 16 nitrogen and oxygen atoms in total. The summed E-state index contributed by atoms with van der Waals surface area (Å²) in [6, 6.07) is 3.27. The molecule has 1 aromatic carbocycles. The molecule has 0 spiro atoms. The highest BCUT2D eigenvalue weighted by atomic mass is 16.4. The Morgan fingerprint density at radius 3 is 2.00 bits per heavy atom. The molecule has 1 aromatic heterocycles. The van der Waals surface area contributed by atoms with Crippen molar-refractivity contribution in [2.75, 3.05) is 6.54 Å². The van der Waals surface area contributed by atoms with E-state index in [1.54, 1.807) is 30.3 Å². The first-order chi connectivity index (χ1) is 21.8. The van der Waals surface area contributed by atoms with Gasteiger partial charge in [-0.2, -0.15) is 0 Å². The number of nitrogens with two attached hydrogens (primary N) is 3. The minimum atomic E-state index is -1.27. The average Bonchev–Trinajstić information content (AvgIpc) is 3.50. The number of aliphatic carboxylic acids is 1. The number of carboxylic acids is 1. The van der Waals surface area contributed by atoms with E-state index in [1.165, 1.54) is 19.4 Å². The lowest BCUT2D eigenvalue weighted by Gasteiger charge is -2.27. The Hall–Kier alpha value is -4.99. The van der Waals surface area contributed by atoms with Crippen molar-refractivity contribution < 1.29 is 29.1 Å². The van der Waals surface area contributed by atoms with E-state index in [4.69, 9.17) is 17.2 Å². The number of aliphatic imine (C=N–C) groups is 1. The number of H-pyrrole nitrogens is 1. The van der Waals surface area contributed by atoms with Crippen molar-refractivity contribution in [3.05, 3.63) is 54.1 Å². The number of nitrogens with zero attached hydrogens (tertiary/aromatic N) is 2. The van der Waals surface area contributed by atoms with Crippen molar-refractivity contribution >= 4 is 35.6 Å². The topological polar surface area (TPSA) is 273 Å². The van der Waals surface area contributed by atoms with Crippen molar-refractivity contribution in [3.8, 4) is 0 Å². The standard InChI is InChI=1S/C30H46N10O6/c1-17(2)12-22(39-28(44)23(38-25(41)18(3)31)14-20-15-34-16-36-20)27(43)37-21(10-7-11-35-30(32)33)26(42)40-24(29(45)46)13-19-8-5-4-6-9-19/h4-6,8-9,15-18,21-24H,7,10-14,31H2,1-3H3,(H,34,36)(H,37,43)(H,38,41)(H,39,44)(H,40,42)(H,45,46)(H4,32,33,35)/t18-,21-,22-,23-,24-/m0/s1. The molecule has 0 fully saturated rings. The van der Waals surface area contributed by atoms with E-state index < -0.39 is 59.8 Å². The molecule has 1 heterocycles. The summed E-state index contributed by atoms with van der Waals surface area (Å²) in [5.74, 6) is -4.05. The van der Waals surface area contributed by atoms with Gasteiger partial charge in [0.25, 0.3) is 0 Å². The van der Waals surface area contributed by atoms with Gasteiger partial charge in [-0.3, -0.25) is 24.2 Å². The van der Waals surface area contributed by atoms with Gasteiger partial charge in [-0.05, 0) is 37.7 Å². The minimum absolute atomic E-state index is 0.0213. The van der Waals surface area contributed by atoms with Gasteiger partial charge < -0.3 is 48.6 Å². The van der Waals surface area contributed by atoms with Gasteiger partial charge in [0.15, 0.2) is 5.96 Å². The number of imidazole rings is 1. The number of rotatable bonds is 19. The number of carboxylic acid groups (broad SMARTS) is 1. The van der Waals surface area contributed by atoms with E-state index >= 15 is 0 Å². The largest absolute Gasteiger partial charge is 0.480 e. The summed E-state index contributed by atoms with van der Waals surface area (Å²) in [4.78, 5) is 75.6. The summed E-state index contributed by atoms with van der Waals surface area (Å²) in [6.45, 7) is 5.34. The maximum atomic E-state index is 13.6. The van der Waals surface area contributed by atoms with Crippen molar-refractivity contribution in [1.29, 1.82) is 0 Å². The molecule has 0 aliphatic heterocycles. The number of hydrogen-bond donors (Lipinski definition) is 9. The number of carbonyl (C=O) groups is 5. The molecule has 5 atom stereocenters. The van der Waals surface area contributed by atoms with Crippen LogP contribution in [0.4, 0.5) is 0 Å². The van der Waals surface area contributed by atoms with Gasteiger partial charge in [-0.15, -0.1) is 0 Å². The fourth-order valence-electron chi connectivity index (χ4n) is 4.47. The second-order valence-electron chi connectivity index (χ2n) is 11.4. The molecular weight excluding hydrogens is 596 g/mol. The lowest BCUT2D eigenvalue weighted by atomic mass is 10.0. The summed E-state index contributed by atoms with van der Waals surface area (Å²) in [6.07, 6.45) is 3.56. The van der Waals surface area contributed by atoms with Crippen LogP contribution in [-0.2, 0) is 36.8 Å². The molecule has 0 unspecified atom stereocenters. The Kier molecular flexibility index (Phi) is 15.1. The first-order valence-electron chi connectivity index (χ1n) is 15.0. The molecule has 0 bridgehead atoms. The number of aromatic amines is 1. The number of benzene rings is 1. The number of guanidine groups is 1. The maximum Gasteiger partial charge on any atom is 0.326 e. The predicted octanol–water partition coefficient (Wildman–Crippen LogP) is -1.33. The van der Waals surface area contributed by atoms with Crippen LogP contribution in [0.2, 0.25) is 0 Å². The molecule has 46 heavy (non-hydrogen) atoms. The second kappa shape index (κ2) is 18.7. The number of nitrogens with one attached hydrogen (secondary N) is 5. The van der Waals surface area contributed by atoms with Crippen LogP contribution >= 0.6 is 0 Å². The lowest BCUT2D eigenvalue weighted by molar-refractivity contribution is -0.142. The third-order valence-electron chi connectivity index (χ3n) is 6.84. The van der Waals surface area contributed by atoms with Crippen LogP contribution < -0.4 is 38.5 Å². The quantitative estimate of drug-likeness (QED) is 0.0494. The first-order valence-corrected chi connectivity index (χ1v) is 15.0. The van der Waals surface area contributed by atoms with E-state index in [9.17, 15) is 29.1 Å². The van der Waals surface area contributed by atoms with E-state index in [-0.39, 0.29) is 50.5 Å². The van der Waals surface area contributed by atoms with Crippen molar-refractivity contribution in [2.45, 2.75) is 83.1 Å².